The Labute approximate surface area is 456 Å². The van der Waals surface area contributed by atoms with E-state index in [2.05, 4.69) is 79.7 Å². The molecule has 6 aliphatic rings. The Bertz CT molecular complexity index is 2190. The van der Waals surface area contributed by atoms with Crippen LogP contribution in [-0.2, 0) is 28.4 Å². The Morgan fingerprint density at radius 3 is 1.05 bits per heavy atom. The molecule has 4 saturated carbocycles. The summed E-state index contributed by atoms with van der Waals surface area (Å²) in [6.07, 6.45) is 26.3. The van der Waals surface area contributed by atoms with E-state index in [9.17, 15) is 19.2 Å². The number of hydrogen-bond acceptors (Lipinski definition) is 10. The minimum absolute atomic E-state index is 0.0287. The van der Waals surface area contributed by atoms with Crippen molar-refractivity contribution >= 4 is 23.9 Å². The van der Waals surface area contributed by atoms with Crippen molar-refractivity contribution in [2.45, 2.75) is 221 Å². The van der Waals surface area contributed by atoms with Crippen molar-refractivity contribution in [3.63, 3.8) is 0 Å². The summed E-state index contributed by atoms with van der Waals surface area (Å²) in [5.41, 5.74) is 3.94. The lowest BCUT2D eigenvalue weighted by Crippen LogP contribution is -2.44. The number of ether oxygens (including phenoxy) is 6. The van der Waals surface area contributed by atoms with E-state index >= 15 is 0 Å². The third-order valence-corrected chi connectivity index (χ3v) is 18.5. The van der Waals surface area contributed by atoms with Crippen LogP contribution in [0.25, 0.3) is 0 Å². The van der Waals surface area contributed by atoms with Crippen LogP contribution in [0.5, 0.6) is 0 Å². The number of carbonyl (C=O) groups excluding carboxylic acids is 4. The molecule has 0 spiro atoms. The summed E-state index contributed by atoms with van der Waals surface area (Å²) in [5.74, 6) is -0.514. The van der Waals surface area contributed by atoms with E-state index in [1.807, 2.05) is 0 Å². The fraction of sp³-hybridized carbons (Fsp3) is 0.667. The van der Waals surface area contributed by atoms with E-state index in [1.54, 1.807) is 48.5 Å². The van der Waals surface area contributed by atoms with E-state index in [4.69, 9.17) is 28.4 Å². The molecular formula is C66H94O10. The fourth-order valence-electron chi connectivity index (χ4n) is 13.5. The number of fused-ring (bicyclic) bond motifs is 4. The fourth-order valence-corrected chi connectivity index (χ4v) is 13.5. The molecule has 0 N–H and O–H groups in total. The van der Waals surface area contributed by atoms with Gasteiger partial charge in [-0.3, -0.25) is 0 Å². The molecule has 76 heavy (non-hydrogen) atoms. The lowest BCUT2D eigenvalue weighted by molar-refractivity contribution is -0.0609. The molecule has 3 aromatic carbocycles. The van der Waals surface area contributed by atoms with Gasteiger partial charge >= 0.3 is 23.9 Å². The van der Waals surface area contributed by atoms with Crippen LogP contribution >= 0.6 is 0 Å². The van der Waals surface area contributed by atoms with Gasteiger partial charge in [0.1, 0.15) is 12.2 Å². The maximum absolute atomic E-state index is 13.4. The van der Waals surface area contributed by atoms with E-state index in [0.717, 1.165) is 77.4 Å². The first-order chi connectivity index (χ1) is 36.4. The predicted molar refractivity (Wildman–Crippen MR) is 300 cm³/mol. The van der Waals surface area contributed by atoms with Crippen LogP contribution in [0, 0.1) is 47.3 Å². The van der Waals surface area contributed by atoms with Gasteiger partial charge in [-0.25, -0.2) is 19.2 Å². The van der Waals surface area contributed by atoms with Crippen LogP contribution in [0.4, 0.5) is 0 Å². The minimum Gasteiger partial charge on any atom is -0.462 e. The lowest BCUT2D eigenvalue weighted by atomic mass is 9.70. The monoisotopic (exact) mass is 1050 g/mol. The molecule has 2 saturated heterocycles. The average Bonchev–Trinajstić information content (AvgIpc) is 4.36. The summed E-state index contributed by atoms with van der Waals surface area (Å²) in [7, 11) is 0. The van der Waals surface area contributed by atoms with Crippen LogP contribution in [0.2, 0.25) is 0 Å². The number of epoxide rings is 2. The minimum atomic E-state index is -0.446. The second kappa shape index (κ2) is 27.4. The van der Waals surface area contributed by atoms with Crippen molar-refractivity contribution in [1.29, 1.82) is 0 Å². The molecule has 4 bridgehead atoms. The molecular weight excluding hydrogens is 953 g/mol. The van der Waals surface area contributed by atoms with Crippen LogP contribution in [0.1, 0.15) is 235 Å². The first-order valence-electron chi connectivity index (χ1n) is 29.6. The molecule has 2 aliphatic heterocycles. The van der Waals surface area contributed by atoms with Crippen LogP contribution < -0.4 is 0 Å². The van der Waals surface area contributed by atoms with E-state index in [0.29, 0.717) is 59.5 Å². The Balaban J connectivity index is 0.000000193. The molecule has 0 amide bonds. The predicted octanol–water partition coefficient (Wildman–Crippen LogP) is 15.8. The standard InChI is InChI=1S/C30H46O6.C28H38O4.C8H10/c31-29(33-21-15-9-5-1-3-7-11-17-25-23-35-25)27-19-13-14-20-28(27)30(32)34-22-16-10-6-2-4-8-12-18-26-24-36-26;1-25(2)17-11-13-27(5,15-17)23(25)31-21(29)19-9-7-8-10-20(19)22(30)32-24-26(3,4)18-12-14-28(24,6)16-18;1-7-5-3-4-6-8(7)2/h13-14,19-20,25-26H,1-12,15-18,21-24H2;7-10,17-18,23-24H,11-16H2,1-6H3;3-6H,1-2H3. The zero-order valence-electron chi connectivity index (χ0n) is 47.9. The second-order valence-electron chi connectivity index (χ2n) is 25.3. The van der Waals surface area contributed by atoms with Crippen molar-refractivity contribution in [2.75, 3.05) is 26.4 Å². The van der Waals surface area contributed by atoms with Crippen molar-refractivity contribution < 1.29 is 47.6 Å². The summed E-state index contributed by atoms with van der Waals surface area (Å²) in [6, 6.07) is 22.1. The molecule has 6 fully saturated rings. The molecule has 418 valence electrons. The Morgan fingerprint density at radius 2 is 0.750 bits per heavy atom. The average molecular weight is 1050 g/mol. The van der Waals surface area contributed by atoms with Crippen LogP contribution in [-0.4, -0.2) is 74.7 Å². The quantitative estimate of drug-likeness (QED) is 0.0331. The Hall–Kier alpha value is -4.54. The van der Waals surface area contributed by atoms with Gasteiger partial charge in [-0.1, -0.05) is 167 Å². The van der Waals surface area contributed by atoms with Gasteiger partial charge in [0.15, 0.2) is 0 Å². The number of hydrogen-bond donors (Lipinski definition) is 0. The highest BCUT2D eigenvalue weighted by atomic mass is 16.6. The highest BCUT2D eigenvalue weighted by Gasteiger charge is 2.62. The summed E-state index contributed by atoms with van der Waals surface area (Å²) in [6.45, 7) is 20.3. The van der Waals surface area contributed by atoms with Gasteiger partial charge in [-0.2, -0.15) is 0 Å². The smallest absolute Gasteiger partial charge is 0.339 e. The van der Waals surface area contributed by atoms with E-state index < -0.39 is 23.9 Å². The van der Waals surface area contributed by atoms with Crippen molar-refractivity contribution in [1.82, 2.24) is 0 Å². The van der Waals surface area contributed by atoms with Gasteiger partial charge in [-0.15, -0.1) is 0 Å². The molecule has 8 atom stereocenters. The molecule has 3 aromatic rings. The zero-order chi connectivity index (χ0) is 54.4. The molecule has 10 nitrogen and oxygen atoms in total. The molecule has 0 radical (unpaired) electrons. The molecule has 9 rings (SSSR count). The SMILES string of the molecule is CC12CCC(C1)C(C)(C)C2OC(=O)c1ccccc1C(=O)OC1C2(C)CCC(C2)C1(C)C.Cc1ccccc1C.O=C(OCCCCCCCCCC1CO1)c1ccccc1C(=O)OCCCCCCCCCC1CO1. The Kier molecular flexibility index (Phi) is 21.3. The number of carbonyl (C=O) groups is 4. The Morgan fingerprint density at radius 1 is 0.447 bits per heavy atom. The number of aryl methyl sites for hydroxylation is 2. The van der Waals surface area contributed by atoms with Crippen LogP contribution in [0.3, 0.4) is 0 Å². The van der Waals surface area contributed by atoms with Crippen molar-refractivity contribution in [2.24, 2.45) is 33.5 Å². The number of rotatable bonds is 26. The van der Waals surface area contributed by atoms with E-state index in [1.165, 1.54) is 88.2 Å². The molecule has 4 aliphatic carbocycles. The maximum Gasteiger partial charge on any atom is 0.339 e. The first-order valence-corrected chi connectivity index (χ1v) is 29.6. The van der Waals surface area contributed by atoms with Crippen molar-refractivity contribution in [3.8, 4) is 0 Å². The van der Waals surface area contributed by atoms with Crippen LogP contribution in [0.15, 0.2) is 72.8 Å². The number of benzene rings is 3. The largest absolute Gasteiger partial charge is 0.462 e. The van der Waals surface area contributed by atoms with E-state index in [-0.39, 0.29) is 33.9 Å². The lowest BCUT2D eigenvalue weighted by Gasteiger charge is -2.42. The summed E-state index contributed by atoms with van der Waals surface area (Å²) >= 11 is 0. The van der Waals surface area contributed by atoms with Gasteiger partial charge < -0.3 is 28.4 Å². The molecule has 2 heterocycles. The summed E-state index contributed by atoms with van der Waals surface area (Å²) in [4.78, 5) is 51.8. The third-order valence-electron chi connectivity index (χ3n) is 18.5. The summed E-state index contributed by atoms with van der Waals surface area (Å²) in [5, 5.41) is 0. The first kappa shape index (κ1) is 59.1. The second-order valence-corrected chi connectivity index (χ2v) is 25.3. The zero-order valence-corrected chi connectivity index (χ0v) is 47.9. The highest BCUT2D eigenvalue weighted by Crippen LogP contribution is 2.65. The molecule has 10 heteroatoms. The van der Waals surface area contributed by atoms with Gasteiger partial charge in [0.2, 0.25) is 0 Å². The van der Waals surface area contributed by atoms with Gasteiger partial charge in [-0.05, 0) is 125 Å². The van der Waals surface area contributed by atoms with Crippen molar-refractivity contribution in [3.05, 3.63) is 106 Å². The number of unbranched alkanes of at least 4 members (excludes halogenated alkanes) is 12. The third kappa shape index (κ3) is 16.0. The van der Waals surface area contributed by atoms with Gasteiger partial charge in [0.25, 0.3) is 0 Å². The topological polar surface area (TPSA) is 130 Å². The normalized spacial score (nSPS) is 26.6. The molecule has 0 aromatic heterocycles. The van der Waals surface area contributed by atoms with Gasteiger partial charge in [0, 0.05) is 21.7 Å². The molecule has 8 unspecified atom stereocenters. The van der Waals surface area contributed by atoms with Gasteiger partial charge in [0.05, 0.1) is 60.9 Å². The number of esters is 4. The maximum atomic E-state index is 13.4. The summed E-state index contributed by atoms with van der Waals surface area (Å²) < 4.78 is 33.7. The highest BCUT2D eigenvalue weighted by molar-refractivity contribution is 6.04.